The van der Waals surface area contributed by atoms with Gasteiger partial charge in [0, 0.05) is 19.4 Å². The van der Waals surface area contributed by atoms with Crippen molar-refractivity contribution in [3.05, 3.63) is 48.6 Å². The van der Waals surface area contributed by atoms with E-state index in [0.29, 0.717) is 19.4 Å². The van der Waals surface area contributed by atoms with Crippen LogP contribution in [0.25, 0.3) is 0 Å². The van der Waals surface area contributed by atoms with E-state index in [9.17, 15) is 9.59 Å². The summed E-state index contributed by atoms with van der Waals surface area (Å²) in [6, 6.07) is 0. The second kappa shape index (κ2) is 59.2. The molecule has 0 spiro atoms. The first kappa shape index (κ1) is 65.9. The molecule has 0 saturated carbocycles. The van der Waals surface area contributed by atoms with Crippen LogP contribution in [0.1, 0.15) is 316 Å². The first-order valence-electron chi connectivity index (χ1n) is 30.2. The topological polar surface area (TPSA) is 61.8 Å². The van der Waals surface area contributed by atoms with Gasteiger partial charge in [0.1, 0.15) is 6.61 Å². The number of carbonyl (C=O) groups is 2. The summed E-state index contributed by atoms with van der Waals surface area (Å²) in [6.45, 7) is 7.82. The Morgan fingerprint density at radius 3 is 1.01 bits per heavy atom. The van der Waals surface area contributed by atoms with Crippen molar-refractivity contribution in [2.75, 3.05) is 19.8 Å². The van der Waals surface area contributed by atoms with Crippen LogP contribution in [0.15, 0.2) is 48.6 Å². The highest BCUT2D eigenvalue weighted by molar-refractivity contribution is 5.70. The molecule has 5 heteroatoms. The minimum absolute atomic E-state index is 0.0795. The van der Waals surface area contributed by atoms with E-state index >= 15 is 0 Å². The molecule has 0 N–H and O–H groups in total. The predicted octanol–water partition coefficient (Wildman–Crippen LogP) is 20.7. The third-order valence-electron chi connectivity index (χ3n) is 13.3. The maximum atomic E-state index is 12.9. The zero-order valence-electron chi connectivity index (χ0n) is 45.9. The Bertz CT molecular complexity index is 1120. The lowest BCUT2D eigenvalue weighted by Crippen LogP contribution is -2.30. The number of hydrogen-bond donors (Lipinski definition) is 0. The summed E-state index contributed by atoms with van der Waals surface area (Å²) in [5, 5.41) is 0. The van der Waals surface area contributed by atoms with Crippen molar-refractivity contribution < 1.29 is 23.8 Å². The molecule has 0 aromatic heterocycles. The molecule has 0 aromatic carbocycles. The first-order chi connectivity index (χ1) is 33.6. The van der Waals surface area contributed by atoms with Gasteiger partial charge in [0.15, 0.2) is 6.10 Å². The van der Waals surface area contributed by atoms with Crippen LogP contribution >= 0.6 is 0 Å². The number of unbranched alkanes of at least 4 members (excludes halogenated alkanes) is 37. The van der Waals surface area contributed by atoms with Crippen molar-refractivity contribution in [1.82, 2.24) is 0 Å². The zero-order valence-corrected chi connectivity index (χ0v) is 45.9. The molecule has 0 amide bonds. The summed E-state index contributed by atoms with van der Waals surface area (Å²) in [7, 11) is 0. The Balaban J connectivity index is 4.26. The van der Waals surface area contributed by atoms with Crippen LogP contribution in [0.3, 0.4) is 0 Å². The number of rotatable bonds is 56. The van der Waals surface area contributed by atoms with Gasteiger partial charge in [-0.3, -0.25) is 9.59 Å². The highest BCUT2D eigenvalue weighted by atomic mass is 16.6. The third-order valence-corrected chi connectivity index (χ3v) is 13.3. The molecule has 0 aliphatic heterocycles. The minimum atomic E-state index is -0.545. The molecule has 0 aliphatic rings. The van der Waals surface area contributed by atoms with Gasteiger partial charge in [-0.15, -0.1) is 0 Å². The lowest BCUT2D eigenvalue weighted by molar-refractivity contribution is -0.163. The molecule has 0 saturated heterocycles. The molecule has 0 radical (unpaired) electrons. The molecular formula is C63H116O5. The average molecular weight is 954 g/mol. The van der Waals surface area contributed by atoms with E-state index in [1.807, 2.05) is 0 Å². The molecule has 0 rings (SSSR count). The SMILES string of the molecule is CCCCC/C=C\C/C=C\CCCCCCCC(=O)OC(COCCCCCCCCCCCC/C=C\CCCCCCCC)COC(=O)CCCCCCCCC/C=C\CCCCCCCC. The first-order valence-corrected chi connectivity index (χ1v) is 30.2. The van der Waals surface area contributed by atoms with Crippen molar-refractivity contribution in [2.24, 2.45) is 0 Å². The molecule has 68 heavy (non-hydrogen) atoms. The summed E-state index contributed by atoms with van der Waals surface area (Å²) in [6.07, 6.45) is 74.2. The van der Waals surface area contributed by atoms with Crippen molar-refractivity contribution in [3.8, 4) is 0 Å². The lowest BCUT2D eigenvalue weighted by atomic mass is 10.1. The van der Waals surface area contributed by atoms with Crippen LogP contribution < -0.4 is 0 Å². The molecule has 0 fully saturated rings. The molecule has 1 unspecified atom stereocenters. The molecule has 0 heterocycles. The van der Waals surface area contributed by atoms with Gasteiger partial charge in [-0.05, 0) is 103 Å². The monoisotopic (exact) mass is 953 g/mol. The van der Waals surface area contributed by atoms with Crippen molar-refractivity contribution in [2.45, 2.75) is 322 Å². The minimum Gasteiger partial charge on any atom is -0.462 e. The summed E-state index contributed by atoms with van der Waals surface area (Å²) >= 11 is 0. The Morgan fingerprint density at radius 2 is 0.618 bits per heavy atom. The Kier molecular flexibility index (Phi) is 57.3. The van der Waals surface area contributed by atoms with Crippen molar-refractivity contribution in [3.63, 3.8) is 0 Å². The van der Waals surface area contributed by atoms with Crippen LogP contribution in [0, 0.1) is 0 Å². The van der Waals surface area contributed by atoms with E-state index in [2.05, 4.69) is 69.4 Å². The summed E-state index contributed by atoms with van der Waals surface area (Å²) in [5.74, 6) is -0.404. The van der Waals surface area contributed by atoms with E-state index in [4.69, 9.17) is 14.2 Å². The van der Waals surface area contributed by atoms with E-state index < -0.39 is 6.10 Å². The van der Waals surface area contributed by atoms with Gasteiger partial charge >= 0.3 is 11.9 Å². The standard InChI is InChI=1S/C63H116O5/c1-4-7-10-13-16-19-22-25-28-30-31-32-34-37-40-43-46-49-52-55-58-66-59-61(68-63(65)57-54-51-48-45-42-39-35-27-24-21-18-15-12-9-6-3)60-67-62(64)56-53-50-47-44-41-38-36-33-29-26-23-20-17-14-11-8-5-2/h18,21,25-29,35,61H,4-17,19-20,22-24,30-34,36-60H2,1-3H3/b21-18-,28-25-,29-26-,35-27-. The highest BCUT2D eigenvalue weighted by Gasteiger charge is 2.17. The second-order valence-corrected chi connectivity index (χ2v) is 20.2. The number of ether oxygens (including phenoxy) is 3. The van der Waals surface area contributed by atoms with Crippen LogP contribution in [-0.4, -0.2) is 37.9 Å². The molecule has 398 valence electrons. The van der Waals surface area contributed by atoms with Crippen LogP contribution in [0.4, 0.5) is 0 Å². The van der Waals surface area contributed by atoms with Gasteiger partial charge < -0.3 is 14.2 Å². The quantitative estimate of drug-likeness (QED) is 0.0345. The molecule has 0 aromatic rings. The summed E-state index contributed by atoms with van der Waals surface area (Å²) in [5.41, 5.74) is 0. The third kappa shape index (κ3) is 56.4. The fraction of sp³-hybridized carbons (Fsp3) is 0.841. The molecule has 5 nitrogen and oxygen atoms in total. The Labute approximate surface area is 424 Å². The Hall–Kier alpha value is -2.14. The molecule has 1 atom stereocenters. The van der Waals surface area contributed by atoms with E-state index in [-0.39, 0.29) is 25.2 Å². The van der Waals surface area contributed by atoms with Crippen molar-refractivity contribution >= 4 is 11.9 Å². The fourth-order valence-electron chi connectivity index (χ4n) is 8.77. The van der Waals surface area contributed by atoms with Crippen LogP contribution in [0.2, 0.25) is 0 Å². The number of allylic oxidation sites excluding steroid dienone is 8. The van der Waals surface area contributed by atoms with Crippen LogP contribution in [-0.2, 0) is 23.8 Å². The maximum Gasteiger partial charge on any atom is 0.306 e. The molecule has 0 aliphatic carbocycles. The van der Waals surface area contributed by atoms with E-state index in [1.165, 1.54) is 225 Å². The predicted molar refractivity (Wildman–Crippen MR) is 298 cm³/mol. The van der Waals surface area contributed by atoms with Crippen LogP contribution in [0.5, 0.6) is 0 Å². The van der Waals surface area contributed by atoms with Gasteiger partial charge in [-0.2, -0.15) is 0 Å². The van der Waals surface area contributed by atoms with E-state index in [1.54, 1.807) is 0 Å². The van der Waals surface area contributed by atoms with Gasteiger partial charge in [0.2, 0.25) is 0 Å². The van der Waals surface area contributed by atoms with E-state index in [0.717, 1.165) is 57.8 Å². The normalized spacial score (nSPS) is 12.5. The largest absolute Gasteiger partial charge is 0.462 e. The highest BCUT2D eigenvalue weighted by Crippen LogP contribution is 2.16. The van der Waals surface area contributed by atoms with Gasteiger partial charge in [-0.1, -0.05) is 249 Å². The number of carbonyl (C=O) groups excluding carboxylic acids is 2. The smallest absolute Gasteiger partial charge is 0.306 e. The number of esters is 2. The number of hydrogen-bond acceptors (Lipinski definition) is 5. The zero-order chi connectivity index (χ0) is 49.2. The van der Waals surface area contributed by atoms with Crippen molar-refractivity contribution in [1.29, 1.82) is 0 Å². The Morgan fingerprint density at radius 1 is 0.324 bits per heavy atom. The van der Waals surface area contributed by atoms with Gasteiger partial charge in [-0.25, -0.2) is 0 Å². The summed E-state index contributed by atoms with van der Waals surface area (Å²) < 4.78 is 17.5. The summed E-state index contributed by atoms with van der Waals surface area (Å²) in [4.78, 5) is 25.5. The lowest BCUT2D eigenvalue weighted by Gasteiger charge is -2.18. The molecule has 0 bridgehead atoms. The average Bonchev–Trinajstić information content (AvgIpc) is 3.34. The van der Waals surface area contributed by atoms with Gasteiger partial charge in [0.05, 0.1) is 6.61 Å². The molecular weight excluding hydrogens is 837 g/mol. The maximum absolute atomic E-state index is 12.9. The fourth-order valence-corrected chi connectivity index (χ4v) is 8.77. The second-order valence-electron chi connectivity index (χ2n) is 20.2. The van der Waals surface area contributed by atoms with Gasteiger partial charge in [0.25, 0.3) is 0 Å².